The second kappa shape index (κ2) is 7.86. The lowest BCUT2D eigenvalue weighted by Gasteiger charge is -2.44. The Morgan fingerprint density at radius 2 is 1.71 bits per heavy atom. The summed E-state index contributed by atoms with van der Waals surface area (Å²) in [5.74, 6) is 0.325. The van der Waals surface area contributed by atoms with E-state index in [1.165, 1.54) is 0 Å². The molecule has 2 atom stereocenters. The molecule has 1 N–H and O–H groups in total. The lowest BCUT2D eigenvalue weighted by atomic mass is 9.76. The SMILES string of the molecule is Cc1ccccc1C(=O)N1CCC(C(=O)N2CCC[C@@]3(CCC[C@H]3O)C2)CC1. The summed E-state index contributed by atoms with van der Waals surface area (Å²) in [6.45, 7) is 4.79. The molecule has 2 aliphatic heterocycles. The minimum atomic E-state index is -0.253. The Morgan fingerprint density at radius 1 is 1.00 bits per heavy atom. The highest BCUT2D eigenvalue weighted by Crippen LogP contribution is 2.45. The van der Waals surface area contributed by atoms with Crippen molar-refractivity contribution in [2.24, 2.45) is 11.3 Å². The summed E-state index contributed by atoms with van der Waals surface area (Å²) in [7, 11) is 0. The topological polar surface area (TPSA) is 60.9 Å². The Bertz CT molecular complexity index is 741. The number of nitrogens with zero attached hydrogens (tertiary/aromatic N) is 2. The van der Waals surface area contributed by atoms with Crippen molar-refractivity contribution in [1.29, 1.82) is 0 Å². The van der Waals surface area contributed by atoms with Gasteiger partial charge in [-0.05, 0) is 57.1 Å². The second-order valence-electron chi connectivity index (χ2n) is 9.02. The molecule has 1 spiro atoms. The molecule has 1 aromatic rings. The van der Waals surface area contributed by atoms with Gasteiger partial charge in [0.2, 0.25) is 5.91 Å². The van der Waals surface area contributed by atoms with Gasteiger partial charge >= 0.3 is 0 Å². The van der Waals surface area contributed by atoms with Crippen LogP contribution in [-0.2, 0) is 4.79 Å². The number of hydrogen-bond donors (Lipinski definition) is 1. The zero-order valence-electron chi connectivity index (χ0n) is 16.9. The molecule has 0 radical (unpaired) electrons. The number of aryl methyl sites for hydroxylation is 1. The van der Waals surface area contributed by atoms with Crippen LogP contribution in [0.25, 0.3) is 0 Å². The van der Waals surface area contributed by atoms with Gasteiger partial charge < -0.3 is 14.9 Å². The molecule has 28 heavy (non-hydrogen) atoms. The zero-order chi connectivity index (χ0) is 19.7. The number of hydrogen-bond acceptors (Lipinski definition) is 3. The zero-order valence-corrected chi connectivity index (χ0v) is 16.9. The van der Waals surface area contributed by atoms with Crippen molar-refractivity contribution in [2.45, 2.75) is 58.0 Å². The minimum Gasteiger partial charge on any atom is -0.392 e. The molecule has 4 rings (SSSR count). The number of likely N-dealkylation sites (tertiary alicyclic amines) is 2. The highest BCUT2D eigenvalue weighted by Gasteiger charge is 2.46. The van der Waals surface area contributed by atoms with Gasteiger partial charge in [-0.1, -0.05) is 24.6 Å². The lowest BCUT2D eigenvalue weighted by molar-refractivity contribution is -0.142. The molecule has 2 saturated heterocycles. The van der Waals surface area contributed by atoms with Gasteiger partial charge in [-0.15, -0.1) is 0 Å². The highest BCUT2D eigenvalue weighted by molar-refractivity contribution is 5.95. The van der Waals surface area contributed by atoms with Gasteiger partial charge in [0.15, 0.2) is 0 Å². The van der Waals surface area contributed by atoms with Gasteiger partial charge in [0.05, 0.1) is 6.10 Å². The van der Waals surface area contributed by atoms with Crippen LogP contribution in [0.5, 0.6) is 0 Å². The first-order chi connectivity index (χ1) is 13.5. The van der Waals surface area contributed by atoms with E-state index in [4.69, 9.17) is 0 Å². The van der Waals surface area contributed by atoms with E-state index in [0.29, 0.717) is 13.1 Å². The fraction of sp³-hybridized carbons (Fsp3) is 0.652. The summed E-state index contributed by atoms with van der Waals surface area (Å²) >= 11 is 0. The van der Waals surface area contributed by atoms with E-state index in [2.05, 4.69) is 0 Å². The largest absolute Gasteiger partial charge is 0.392 e. The monoisotopic (exact) mass is 384 g/mol. The third-order valence-electron chi connectivity index (χ3n) is 7.29. The van der Waals surface area contributed by atoms with Crippen molar-refractivity contribution in [1.82, 2.24) is 9.80 Å². The number of piperidine rings is 2. The number of carbonyl (C=O) groups excluding carboxylic acids is 2. The quantitative estimate of drug-likeness (QED) is 0.853. The fourth-order valence-electron chi connectivity index (χ4n) is 5.52. The van der Waals surface area contributed by atoms with E-state index >= 15 is 0 Å². The third-order valence-corrected chi connectivity index (χ3v) is 7.29. The van der Waals surface area contributed by atoms with Gasteiger partial charge in [-0.2, -0.15) is 0 Å². The Morgan fingerprint density at radius 3 is 2.39 bits per heavy atom. The van der Waals surface area contributed by atoms with Gasteiger partial charge in [0.25, 0.3) is 5.91 Å². The Balaban J connectivity index is 1.35. The van der Waals surface area contributed by atoms with Gasteiger partial charge in [-0.25, -0.2) is 0 Å². The fourth-order valence-corrected chi connectivity index (χ4v) is 5.52. The van der Waals surface area contributed by atoms with Crippen LogP contribution in [0.2, 0.25) is 0 Å². The Hall–Kier alpha value is -1.88. The summed E-state index contributed by atoms with van der Waals surface area (Å²) in [5, 5.41) is 10.5. The third kappa shape index (κ3) is 3.57. The van der Waals surface area contributed by atoms with Crippen LogP contribution in [-0.4, -0.2) is 59.0 Å². The summed E-state index contributed by atoms with van der Waals surface area (Å²) in [6, 6.07) is 7.70. The average molecular weight is 385 g/mol. The summed E-state index contributed by atoms with van der Waals surface area (Å²) < 4.78 is 0. The first-order valence-electron chi connectivity index (χ1n) is 10.8. The van der Waals surface area contributed by atoms with E-state index in [1.54, 1.807) is 0 Å². The van der Waals surface area contributed by atoms with Crippen LogP contribution in [0, 0.1) is 18.3 Å². The van der Waals surface area contributed by atoms with Crippen molar-refractivity contribution < 1.29 is 14.7 Å². The molecule has 0 unspecified atom stereocenters. The number of carbonyl (C=O) groups is 2. The van der Waals surface area contributed by atoms with E-state index in [0.717, 1.165) is 69.2 Å². The highest BCUT2D eigenvalue weighted by atomic mass is 16.3. The molecule has 1 saturated carbocycles. The van der Waals surface area contributed by atoms with Gasteiger partial charge in [0.1, 0.15) is 0 Å². The molecular formula is C23H32N2O3. The molecule has 2 heterocycles. The van der Waals surface area contributed by atoms with Gasteiger partial charge in [0, 0.05) is 43.1 Å². The van der Waals surface area contributed by atoms with Gasteiger partial charge in [-0.3, -0.25) is 9.59 Å². The van der Waals surface area contributed by atoms with Crippen LogP contribution in [0.1, 0.15) is 60.9 Å². The van der Waals surface area contributed by atoms with Crippen LogP contribution in [0.15, 0.2) is 24.3 Å². The Kier molecular flexibility index (Phi) is 5.46. The standard InChI is InChI=1S/C23H32N2O3/c1-17-6-2-3-7-19(17)22(28)24-14-9-18(10-15-24)21(27)25-13-5-12-23(16-25)11-4-8-20(23)26/h2-3,6-7,18,20,26H,4-5,8-16H2,1H3/t20-,23+/m1/s1. The Labute approximate surface area is 167 Å². The predicted octanol–water partition coefficient (Wildman–Crippen LogP) is 3.00. The number of aliphatic hydroxyl groups is 1. The van der Waals surface area contributed by atoms with Crippen LogP contribution in [0.3, 0.4) is 0 Å². The van der Waals surface area contributed by atoms with Crippen LogP contribution >= 0.6 is 0 Å². The summed E-state index contributed by atoms with van der Waals surface area (Å²) in [6.07, 6.45) is 6.25. The average Bonchev–Trinajstić information content (AvgIpc) is 3.06. The van der Waals surface area contributed by atoms with Crippen molar-refractivity contribution in [3.63, 3.8) is 0 Å². The maximum atomic E-state index is 13.1. The molecule has 5 heteroatoms. The lowest BCUT2D eigenvalue weighted by Crippen LogP contribution is -2.52. The molecule has 1 aromatic carbocycles. The maximum Gasteiger partial charge on any atom is 0.254 e. The van der Waals surface area contributed by atoms with Crippen molar-refractivity contribution in [3.8, 4) is 0 Å². The smallest absolute Gasteiger partial charge is 0.254 e. The van der Waals surface area contributed by atoms with E-state index in [9.17, 15) is 14.7 Å². The normalized spacial score (nSPS) is 28.7. The van der Waals surface area contributed by atoms with E-state index in [-0.39, 0.29) is 29.3 Å². The maximum absolute atomic E-state index is 13.1. The molecule has 1 aliphatic carbocycles. The van der Waals surface area contributed by atoms with Crippen LogP contribution < -0.4 is 0 Å². The summed E-state index contributed by atoms with van der Waals surface area (Å²) in [5.41, 5.74) is 1.70. The molecule has 152 valence electrons. The molecule has 3 fully saturated rings. The molecule has 3 aliphatic rings. The first-order valence-corrected chi connectivity index (χ1v) is 10.8. The second-order valence-corrected chi connectivity index (χ2v) is 9.02. The molecule has 2 amide bonds. The van der Waals surface area contributed by atoms with E-state index < -0.39 is 0 Å². The predicted molar refractivity (Wildman–Crippen MR) is 108 cm³/mol. The molecule has 0 aromatic heterocycles. The van der Waals surface area contributed by atoms with Crippen molar-refractivity contribution in [3.05, 3.63) is 35.4 Å². The minimum absolute atomic E-state index is 0.00890. The number of aliphatic hydroxyl groups excluding tert-OH is 1. The number of benzene rings is 1. The molecule has 0 bridgehead atoms. The summed E-state index contributed by atoms with van der Waals surface area (Å²) in [4.78, 5) is 29.9. The van der Waals surface area contributed by atoms with Crippen molar-refractivity contribution in [2.75, 3.05) is 26.2 Å². The molecular weight excluding hydrogens is 352 g/mol. The van der Waals surface area contributed by atoms with E-state index in [1.807, 2.05) is 41.0 Å². The number of amides is 2. The van der Waals surface area contributed by atoms with Crippen LogP contribution in [0.4, 0.5) is 0 Å². The van der Waals surface area contributed by atoms with Crippen molar-refractivity contribution >= 4 is 11.8 Å². The molecule has 5 nitrogen and oxygen atoms in total. The first kappa shape index (κ1) is 19.4. The number of rotatable bonds is 2.